The number of nitrogens with one attached hydrogen (secondary N) is 1. The maximum atomic E-state index is 11.1. The van der Waals surface area contributed by atoms with E-state index in [4.69, 9.17) is 4.74 Å². The van der Waals surface area contributed by atoms with Crippen molar-refractivity contribution in [3.05, 3.63) is 62.7 Å². The summed E-state index contributed by atoms with van der Waals surface area (Å²) in [6.45, 7) is 0. The highest BCUT2D eigenvalue weighted by molar-refractivity contribution is 5.78. The third-order valence-electron chi connectivity index (χ3n) is 2.74. The second-order valence-corrected chi connectivity index (χ2v) is 4.05. The molecule has 0 atom stereocenters. The molecule has 0 aromatic heterocycles. The van der Waals surface area contributed by atoms with E-state index in [2.05, 4.69) is 5.32 Å². The zero-order valence-electron chi connectivity index (χ0n) is 11.0. The fourth-order valence-electron chi connectivity index (χ4n) is 1.79. The minimum absolute atomic E-state index is 0.0275. The van der Waals surface area contributed by atoms with Crippen LogP contribution in [0.25, 0.3) is 0 Å². The summed E-state index contributed by atoms with van der Waals surface area (Å²) >= 11 is 0. The summed E-state index contributed by atoms with van der Waals surface area (Å²) in [5, 5.41) is 24.8. The number of ether oxygens (including phenoxy) is 1. The normalized spacial score (nSPS) is 9.95. The second-order valence-electron chi connectivity index (χ2n) is 4.05. The summed E-state index contributed by atoms with van der Waals surface area (Å²) in [5.41, 5.74) is -0.158. The lowest BCUT2D eigenvalue weighted by molar-refractivity contribution is -0.393. The highest BCUT2D eigenvalue weighted by Gasteiger charge is 2.25. The van der Waals surface area contributed by atoms with Crippen LogP contribution < -0.4 is 10.1 Å². The monoisotopic (exact) mass is 289 g/mol. The van der Waals surface area contributed by atoms with Crippen LogP contribution in [0.2, 0.25) is 0 Å². The molecule has 0 aliphatic rings. The topological polar surface area (TPSA) is 108 Å². The summed E-state index contributed by atoms with van der Waals surface area (Å²) in [5.74, 6) is 0.0275. The van der Waals surface area contributed by atoms with Gasteiger partial charge in [-0.1, -0.05) is 18.2 Å². The molecule has 0 heterocycles. The molecular weight excluding hydrogens is 278 g/mol. The summed E-state index contributed by atoms with van der Waals surface area (Å²) in [6.07, 6.45) is 0. The first kappa shape index (κ1) is 14.3. The van der Waals surface area contributed by atoms with E-state index in [9.17, 15) is 20.2 Å². The Balaban J connectivity index is 2.57. The van der Waals surface area contributed by atoms with E-state index in [1.165, 1.54) is 7.11 Å². The van der Waals surface area contributed by atoms with E-state index in [1.54, 1.807) is 30.3 Å². The van der Waals surface area contributed by atoms with E-state index in [0.29, 0.717) is 5.69 Å². The first-order valence-corrected chi connectivity index (χ1v) is 5.86. The van der Waals surface area contributed by atoms with Gasteiger partial charge in [-0.05, 0) is 12.1 Å². The van der Waals surface area contributed by atoms with Crippen molar-refractivity contribution in [3.8, 4) is 5.75 Å². The quantitative estimate of drug-likeness (QED) is 0.668. The Labute approximate surface area is 119 Å². The maximum Gasteiger partial charge on any atom is 0.303 e. The number of rotatable bonds is 5. The van der Waals surface area contributed by atoms with Crippen LogP contribution in [0.4, 0.5) is 22.7 Å². The molecule has 0 spiro atoms. The van der Waals surface area contributed by atoms with Gasteiger partial charge in [-0.3, -0.25) is 20.2 Å². The summed E-state index contributed by atoms with van der Waals surface area (Å²) in [6, 6.07) is 10.8. The van der Waals surface area contributed by atoms with Gasteiger partial charge in [0.05, 0.1) is 29.1 Å². The van der Waals surface area contributed by atoms with E-state index < -0.39 is 21.2 Å². The Morgan fingerprint density at radius 3 is 2.24 bits per heavy atom. The van der Waals surface area contributed by atoms with Crippen molar-refractivity contribution in [2.75, 3.05) is 12.4 Å². The van der Waals surface area contributed by atoms with Crippen LogP contribution in [0.5, 0.6) is 5.75 Å². The number of nitro groups is 2. The molecule has 0 bridgehead atoms. The Kier molecular flexibility index (Phi) is 3.98. The second kappa shape index (κ2) is 5.87. The van der Waals surface area contributed by atoms with Crippen LogP contribution in [0.3, 0.4) is 0 Å². The highest BCUT2D eigenvalue weighted by Crippen LogP contribution is 2.40. The molecule has 8 nitrogen and oxygen atoms in total. The molecule has 0 unspecified atom stereocenters. The number of hydrogen-bond donors (Lipinski definition) is 1. The van der Waals surface area contributed by atoms with Gasteiger partial charge in [0.2, 0.25) is 0 Å². The van der Waals surface area contributed by atoms with Crippen molar-refractivity contribution >= 4 is 22.7 Å². The van der Waals surface area contributed by atoms with Crippen molar-refractivity contribution in [1.29, 1.82) is 0 Å². The fourth-order valence-corrected chi connectivity index (χ4v) is 1.79. The minimum atomic E-state index is -0.707. The van der Waals surface area contributed by atoms with E-state index in [0.717, 1.165) is 12.1 Å². The number of anilines is 2. The maximum absolute atomic E-state index is 11.1. The summed E-state index contributed by atoms with van der Waals surface area (Å²) < 4.78 is 5.03. The van der Waals surface area contributed by atoms with E-state index in [-0.39, 0.29) is 11.4 Å². The summed E-state index contributed by atoms with van der Waals surface area (Å²) in [7, 11) is 1.29. The number of benzene rings is 2. The lowest BCUT2D eigenvalue weighted by Crippen LogP contribution is -2.01. The molecule has 0 amide bonds. The molecule has 0 aliphatic carbocycles. The molecule has 0 fully saturated rings. The molecule has 8 heteroatoms. The van der Waals surface area contributed by atoms with Crippen LogP contribution in [0.1, 0.15) is 0 Å². The molecule has 0 saturated carbocycles. The van der Waals surface area contributed by atoms with Crippen LogP contribution in [-0.4, -0.2) is 17.0 Å². The minimum Gasteiger partial charge on any atom is -0.494 e. The van der Waals surface area contributed by atoms with Crippen molar-refractivity contribution in [1.82, 2.24) is 0 Å². The van der Waals surface area contributed by atoms with Gasteiger partial charge < -0.3 is 10.1 Å². The van der Waals surface area contributed by atoms with Crippen LogP contribution >= 0.6 is 0 Å². The molecular formula is C13H11N3O5. The van der Waals surface area contributed by atoms with Gasteiger partial charge in [0.15, 0.2) is 11.4 Å². The van der Waals surface area contributed by atoms with E-state index >= 15 is 0 Å². The van der Waals surface area contributed by atoms with Gasteiger partial charge in [-0.25, -0.2) is 0 Å². The predicted octanol–water partition coefficient (Wildman–Crippen LogP) is 3.26. The fraction of sp³-hybridized carbons (Fsp3) is 0.0769. The lowest BCUT2D eigenvalue weighted by Gasteiger charge is -2.11. The Morgan fingerprint density at radius 1 is 1.05 bits per heavy atom. The zero-order valence-corrected chi connectivity index (χ0v) is 11.0. The van der Waals surface area contributed by atoms with Crippen LogP contribution in [-0.2, 0) is 0 Å². The third-order valence-corrected chi connectivity index (χ3v) is 2.74. The Hall–Kier alpha value is -3.16. The zero-order chi connectivity index (χ0) is 15.4. The van der Waals surface area contributed by atoms with Gasteiger partial charge in [0, 0.05) is 5.69 Å². The third kappa shape index (κ3) is 3.06. The average Bonchev–Trinajstić information content (AvgIpc) is 2.47. The van der Waals surface area contributed by atoms with Gasteiger partial charge in [-0.2, -0.15) is 0 Å². The molecule has 0 radical (unpaired) electrons. The van der Waals surface area contributed by atoms with Crippen LogP contribution in [0, 0.1) is 20.2 Å². The number of para-hydroxylation sites is 1. The van der Waals surface area contributed by atoms with Gasteiger partial charge in [0.1, 0.15) is 0 Å². The number of methoxy groups -OCH3 is 1. The van der Waals surface area contributed by atoms with Crippen molar-refractivity contribution in [2.24, 2.45) is 0 Å². The van der Waals surface area contributed by atoms with E-state index in [1.807, 2.05) is 0 Å². The standard InChI is InChI=1S/C13H11N3O5/c1-21-12-8-10(15(17)18)7-11(16(19)20)13(12)14-9-5-3-2-4-6-9/h2-8,14H,1H3. The molecule has 0 saturated heterocycles. The highest BCUT2D eigenvalue weighted by atomic mass is 16.6. The molecule has 2 aromatic carbocycles. The first-order chi connectivity index (χ1) is 10.0. The first-order valence-electron chi connectivity index (χ1n) is 5.86. The molecule has 2 rings (SSSR count). The van der Waals surface area contributed by atoms with Crippen molar-refractivity contribution in [3.63, 3.8) is 0 Å². The SMILES string of the molecule is COc1cc([N+](=O)[O-])cc([N+](=O)[O-])c1Nc1ccccc1. The molecule has 1 N–H and O–H groups in total. The number of hydrogen-bond acceptors (Lipinski definition) is 6. The smallest absolute Gasteiger partial charge is 0.303 e. The average molecular weight is 289 g/mol. The van der Waals surface area contributed by atoms with Gasteiger partial charge in [-0.15, -0.1) is 0 Å². The largest absolute Gasteiger partial charge is 0.494 e. The molecule has 21 heavy (non-hydrogen) atoms. The molecule has 2 aromatic rings. The molecule has 0 aliphatic heterocycles. The van der Waals surface area contributed by atoms with Crippen LogP contribution in [0.15, 0.2) is 42.5 Å². The molecule has 108 valence electrons. The van der Waals surface area contributed by atoms with Crippen molar-refractivity contribution in [2.45, 2.75) is 0 Å². The van der Waals surface area contributed by atoms with Gasteiger partial charge >= 0.3 is 5.69 Å². The number of non-ortho nitro benzene ring substituents is 1. The summed E-state index contributed by atoms with van der Waals surface area (Å²) in [4.78, 5) is 20.6. The Morgan fingerprint density at radius 2 is 1.71 bits per heavy atom. The number of nitrogens with zero attached hydrogens (tertiary/aromatic N) is 2. The lowest BCUT2D eigenvalue weighted by atomic mass is 10.2. The van der Waals surface area contributed by atoms with Crippen molar-refractivity contribution < 1.29 is 14.6 Å². The predicted molar refractivity (Wildman–Crippen MR) is 76.0 cm³/mol. The Bertz CT molecular complexity index is 688. The van der Waals surface area contributed by atoms with Gasteiger partial charge in [0.25, 0.3) is 5.69 Å². The number of nitro benzene ring substituents is 2.